The van der Waals surface area contributed by atoms with Crippen LogP contribution in [-0.2, 0) is 9.53 Å². The fourth-order valence-electron chi connectivity index (χ4n) is 1.04. The number of aliphatic hydroxyl groups is 1. The molecule has 0 aliphatic carbocycles. The molecular weight excluding hydrogens is 206 g/mol. The molecule has 1 N–H and O–H groups in total. The molecule has 14 heavy (non-hydrogen) atoms. The lowest BCUT2D eigenvalue weighted by Gasteiger charge is -2.24. The van der Waals surface area contributed by atoms with Crippen molar-refractivity contribution in [2.75, 3.05) is 13.7 Å². The first-order valence-electron chi connectivity index (χ1n) is 4.23. The van der Waals surface area contributed by atoms with Gasteiger partial charge < -0.3 is 14.7 Å². The summed E-state index contributed by atoms with van der Waals surface area (Å²) in [5.41, 5.74) is 0.265. The average Bonchev–Trinajstić information content (AvgIpc) is 2.11. The van der Waals surface area contributed by atoms with Gasteiger partial charge in [0.2, 0.25) is 0 Å². The zero-order valence-electron chi connectivity index (χ0n) is 8.03. The Labute approximate surface area is 87.4 Å². The minimum atomic E-state index is -0.791. The van der Waals surface area contributed by atoms with Crippen LogP contribution in [-0.4, -0.2) is 35.9 Å². The summed E-state index contributed by atoms with van der Waals surface area (Å²) < 4.78 is 4.79. The Bertz CT molecular complexity index is 298. The van der Waals surface area contributed by atoms with E-state index in [1.54, 1.807) is 14.0 Å². The van der Waals surface area contributed by atoms with E-state index in [4.69, 9.17) is 16.3 Å². The molecule has 0 amide bonds. The van der Waals surface area contributed by atoms with Crippen LogP contribution in [0.4, 0.5) is 0 Å². The Kier molecular flexibility index (Phi) is 3.55. The molecule has 0 aromatic carbocycles. The van der Waals surface area contributed by atoms with Gasteiger partial charge in [0, 0.05) is 13.2 Å². The molecular formula is C9H12ClNO3. The van der Waals surface area contributed by atoms with Crippen molar-refractivity contribution in [3.8, 4) is 0 Å². The van der Waals surface area contributed by atoms with Gasteiger partial charge in [0.15, 0.2) is 0 Å². The van der Waals surface area contributed by atoms with Gasteiger partial charge in [-0.05, 0) is 13.0 Å². The topological polar surface area (TPSA) is 49.8 Å². The maximum Gasteiger partial charge on any atom is 0.341 e. The Morgan fingerprint density at radius 3 is 3.00 bits per heavy atom. The largest absolute Gasteiger partial charge is 0.462 e. The fourth-order valence-corrected chi connectivity index (χ4v) is 1.28. The number of aliphatic hydroxyl groups excluding tert-OH is 1. The number of hydrogen-bond donors (Lipinski definition) is 1. The molecule has 0 radical (unpaired) electrons. The second-order valence-corrected chi connectivity index (χ2v) is 3.26. The van der Waals surface area contributed by atoms with Crippen molar-refractivity contribution >= 4 is 17.6 Å². The lowest BCUT2D eigenvalue weighted by atomic mass is 10.2. The van der Waals surface area contributed by atoms with Crippen molar-refractivity contribution in [1.29, 1.82) is 0 Å². The quantitative estimate of drug-likeness (QED) is 0.696. The van der Waals surface area contributed by atoms with Crippen LogP contribution in [0, 0.1) is 0 Å². The van der Waals surface area contributed by atoms with Crippen LogP contribution in [0.5, 0.6) is 0 Å². The fraction of sp³-hybridized carbons (Fsp3) is 0.444. The molecule has 0 bridgehead atoms. The molecule has 1 rings (SSSR count). The highest BCUT2D eigenvalue weighted by Crippen LogP contribution is 2.22. The molecule has 0 aromatic rings. The average molecular weight is 218 g/mol. The maximum atomic E-state index is 11.3. The highest BCUT2D eigenvalue weighted by Gasteiger charge is 2.22. The van der Waals surface area contributed by atoms with E-state index in [1.807, 2.05) is 0 Å². The van der Waals surface area contributed by atoms with Gasteiger partial charge in [-0.15, -0.1) is 0 Å². The van der Waals surface area contributed by atoms with E-state index in [0.717, 1.165) is 0 Å². The van der Waals surface area contributed by atoms with Gasteiger partial charge in [-0.3, -0.25) is 0 Å². The highest BCUT2D eigenvalue weighted by molar-refractivity contribution is 6.35. The number of esters is 1. The SMILES string of the molecule is CCOC(=O)C1=CN(C)C(O)C=C1Cl. The molecule has 1 aliphatic heterocycles. The van der Waals surface area contributed by atoms with Crippen molar-refractivity contribution in [3.63, 3.8) is 0 Å². The normalized spacial score (nSPS) is 21.4. The Morgan fingerprint density at radius 1 is 1.79 bits per heavy atom. The standard InChI is InChI=1S/C9H12ClNO3/c1-3-14-9(13)6-5-11(2)8(12)4-7(6)10/h4-5,8,12H,3H2,1-2H3. The van der Waals surface area contributed by atoms with Gasteiger partial charge in [-0.1, -0.05) is 11.6 Å². The number of carbonyl (C=O) groups excluding carboxylic acids is 1. The van der Waals surface area contributed by atoms with Crippen LogP contribution >= 0.6 is 11.6 Å². The van der Waals surface area contributed by atoms with Crippen LogP contribution < -0.4 is 0 Å². The number of rotatable bonds is 2. The third kappa shape index (κ3) is 2.27. The van der Waals surface area contributed by atoms with Crippen LogP contribution in [0.3, 0.4) is 0 Å². The minimum Gasteiger partial charge on any atom is -0.462 e. The predicted octanol–water partition coefficient (Wildman–Crippen LogP) is 0.820. The first-order valence-corrected chi connectivity index (χ1v) is 4.60. The Balaban J connectivity index is 2.84. The number of carbonyl (C=O) groups is 1. The maximum absolute atomic E-state index is 11.3. The smallest absolute Gasteiger partial charge is 0.341 e. The van der Waals surface area contributed by atoms with E-state index in [1.165, 1.54) is 17.2 Å². The van der Waals surface area contributed by atoms with Crippen LogP contribution in [0.2, 0.25) is 0 Å². The molecule has 5 heteroatoms. The van der Waals surface area contributed by atoms with Crippen LogP contribution in [0.15, 0.2) is 22.9 Å². The number of nitrogens with zero attached hydrogens (tertiary/aromatic N) is 1. The first-order chi connectivity index (χ1) is 6.56. The lowest BCUT2D eigenvalue weighted by molar-refractivity contribution is -0.138. The van der Waals surface area contributed by atoms with Gasteiger partial charge in [0.05, 0.1) is 17.2 Å². The third-order valence-corrected chi connectivity index (χ3v) is 2.13. The summed E-state index contributed by atoms with van der Waals surface area (Å²) in [5.74, 6) is -0.479. The van der Waals surface area contributed by atoms with Crippen molar-refractivity contribution in [3.05, 3.63) is 22.9 Å². The number of likely N-dealkylation sites (N-methyl/N-ethyl adjacent to an activating group) is 1. The molecule has 78 valence electrons. The second-order valence-electron chi connectivity index (χ2n) is 2.86. The van der Waals surface area contributed by atoms with E-state index in [2.05, 4.69) is 0 Å². The van der Waals surface area contributed by atoms with Crippen LogP contribution in [0.25, 0.3) is 0 Å². The molecule has 0 aromatic heterocycles. The van der Waals surface area contributed by atoms with Gasteiger partial charge in [-0.2, -0.15) is 0 Å². The van der Waals surface area contributed by atoms with Gasteiger partial charge in [0.1, 0.15) is 6.23 Å². The summed E-state index contributed by atoms with van der Waals surface area (Å²) in [7, 11) is 1.64. The number of ether oxygens (including phenoxy) is 1. The molecule has 0 spiro atoms. The molecule has 1 heterocycles. The number of halogens is 1. The molecule has 0 saturated heterocycles. The van der Waals surface area contributed by atoms with Crippen molar-refractivity contribution in [2.24, 2.45) is 0 Å². The van der Waals surface area contributed by atoms with E-state index < -0.39 is 12.2 Å². The molecule has 1 aliphatic rings. The van der Waals surface area contributed by atoms with E-state index in [-0.39, 0.29) is 10.6 Å². The summed E-state index contributed by atoms with van der Waals surface area (Å²) in [5, 5.41) is 9.56. The summed E-state index contributed by atoms with van der Waals surface area (Å²) >= 11 is 5.78. The van der Waals surface area contributed by atoms with Crippen LogP contribution in [0.1, 0.15) is 6.92 Å². The molecule has 0 saturated carbocycles. The summed E-state index contributed by atoms with van der Waals surface area (Å²) in [6.45, 7) is 2.02. The van der Waals surface area contributed by atoms with Crippen molar-refractivity contribution in [1.82, 2.24) is 4.90 Å². The summed E-state index contributed by atoms with van der Waals surface area (Å²) in [4.78, 5) is 12.8. The van der Waals surface area contributed by atoms with Gasteiger partial charge in [0.25, 0.3) is 0 Å². The highest BCUT2D eigenvalue weighted by atomic mass is 35.5. The summed E-state index contributed by atoms with van der Waals surface area (Å²) in [6, 6.07) is 0. The number of hydrogen-bond acceptors (Lipinski definition) is 4. The zero-order chi connectivity index (χ0) is 10.7. The van der Waals surface area contributed by atoms with Gasteiger partial charge >= 0.3 is 5.97 Å². The van der Waals surface area contributed by atoms with Gasteiger partial charge in [-0.25, -0.2) is 4.79 Å². The monoisotopic (exact) mass is 217 g/mol. The molecule has 1 atom stereocenters. The van der Waals surface area contributed by atoms with Crippen molar-refractivity contribution < 1.29 is 14.6 Å². The molecule has 1 unspecified atom stereocenters. The summed E-state index contributed by atoms with van der Waals surface area (Å²) in [6.07, 6.45) is 2.05. The van der Waals surface area contributed by atoms with Crippen molar-refractivity contribution in [2.45, 2.75) is 13.2 Å². The Hall–Kier alpha value is -1.00. The minimum absolute atomic E-state index is 0.217. The molecule has 0 fully saturated rings. The molecule has 4 nitrogen and oxygen atoms in total. The van der Waals surface area contributed by atoms with E-state index in [0.29, 0.717) is 6.61 Å². The predicted molar refractivity (Wildman–Crippen MR) is 52.4 cm³/mol. The first kappa shape index (κ1) is 11.1. The lowest BCUT2D eigenvalue weighted by Crippen LogP contribution is -2.29. The third-order valence-electron chi connectivity index (χ3n) is 1.80. The second kappa shape index (κ2) is 4.48. The Morgan fingerprint density at radius 2 is 2.43 bits per heavy atom. The zero-order valence-corrected chi connectivity index (χ0v) is 8.78. The van der Waals surface area contributed by atoms with E-state index in [9.17, 15) is 9.90 Å². The van der Waals surface area contributed by atoms with E-state index >= 15 is 0 Å².